The van der Waals surface area contributed by atoms with Gasteiger partial charge in [-0.25, -0.2) is 0 Å². The van der Waals surface area contributed by atoms with Crippen LogP contribution in [0.5, 0.6) is 11.5 Å². The lowest BCUT2D eigenvalue weighted by atomic mass is 10.2. The summed E-state index contributed by atoms with van der Waals surface area (Å²) in [6.07, 6.45) is 1.67. The highest BCUT2D eigenvalue weighted by Crippen LogP contribution is 2.28. The average molecular weight is 391 g/mol. The predicted octanol–water partition coefficient (Wildman–Crippen LogP) is 4.59. The number of rotatable bonds is 7. The van der Waals surface area contributed by atoms with E-state index in [2.05, 4.69) is 15.8 Å². The zero-order chi connectivity index (χ0) is 19.6. The van der Waals surface area contributed by atoms with Crippen molar-refractivity contribution in [2.45, 2.75) is 6.61 Å². The predicted molar refractivity (Wildman–Crippen MR) is 117 cm³/mol. The molecule has 142 valence electrons. The minimum atomic E-state index is 0.413. The van der Waals surface area contributed by atoms with Crippen LogP contribution in [-0.2, 0) is 6.61 Å². The number of para-hydroxylation sites is 1. The van der Waals surface area contributed by atoms with Gasteiger partial charge in [0.25, 0.3) is 0 Å². The van der Waals surface area contributed by atoms with E-state index in [0.717, 1.165) is 16.8 Å². The van der Waals surface area contributed by atoms with Crippen LogP contribution >= 0.6 is 12.2 Å². The minimum absolute atomic E-state index is 0.413. The second-order valence-electron chi connectivity index (χ2n) is 5.87. The quantitative estimate of drug-likeness (QED) is 0.350. The lowest BCUT2D eigenvalue weighted by Crippen LogP contribution is -2.23. The molecular weight excluding hydrogens is 370 g/mol. The monoisotopic (exact) mass is 391 g/mol. The summed E-state index contributed by atoms with van der Waals surface area (Å²) in [7, 11) is 1.62. The van der Waals surface area contributed by atoms with Crippen LogP contribution < -0.4 is 20.2 Å². The maximum Gasteiger partial charge on any atom is 0.191 e. The van der Waals surface area contributed by atoms with Crippen LogP contribution in [0.25, 0.3) is 0 Å². The van der Waals surface area contributed by atoms with Crippen LogP contribution in [0.3, 0.4) is 0 Å². The second kappa shape index (κ2) is 10.1. The van der Waals surface area contributed by atoms with E-state index in [1.54, 1.807) is 13.3 Å². The van der Waals surface area contributed by atoms with Crippen LogP contribution in [0.1, 0.15) is 11.1 Å². The second-order valence-corrected chi connectivity index (χ2v) is 6.28. The van der Waals surface area contributed by atoms with Crippen LogP contribution in [-0.4, -0.2) is 18.4 Å². The normalized spacial score (nSPS) is 10.5. The number of hydrazone groups is 1. The number of anilines is 1. The first-order chi connectivity index (χ1) is 13.7. The lowest BCUT2D eigenvalue weighted by molar-refractivity contribution is 0.284. The van der Waals surface area contributed by atoms with Gasteiger partial charge in [-0.15, -0.1) is 0 Å². The zero-order valence-corrected chi connectivity index (χ0v) is 16.3. The van der Waals surface area contributed by atoms with Gasteiger partial charge in [0, 0.05) is 5.69 Å². The van der Waals surface area contributed by atoms with E-state index in [1.165, 1.54) is 0 Å². The van der Waals surface area contributed by atoms with Gasteiger partial charge in [0.2, 0.25) is 0 Å². The topological polar surface area (TPSA) is 54.9 Å². The van der Waals surface area contributed by atoms with Gasteiger partial charge in [0.1, 0.15) is 6.61 Å². The molecule has 0 spiro atoms. The summed E-state index contributed by atoms with van der Waals surface area (Å²) in [6.45, 7) is 0.459. The molecule has 0 saturated carbocycles. The molecule has 0 heterocycles. The van der Waals surface area contributed by atoms with Crippen molar-refractivity contribution >= 4 is 29.2 Å². The Labute approximate surface area is 170 Å². The Hall–Kier alpha value is -3.38. The van der Waals surface area contributed by atoms with Crippen molar-refractivity contribution in [2.75, 3.05) is 12.4 Å². The van der Waals surface area contributed by atoms with Crippen molar-refractivity contribution in [3.63, 3.8) is 0 Å². The highest BCUT2D eigenvalue weighted by Gasteiger charge is 2.06. The lowest BCUT2D eigenvalue weighted by Gasteiger charge is -2.11. The molecule has 6 heteroatoms. The molecule has 0 radical (unpaired) electrons. The zero-order valence-electron chi connectivity index (χ0n) is 15.5. The number of hydrogen-bond acceptors (Lipinski definition) is 4. The maximum absolute atomic E-state index is 5.92. The molecule has 0 aromatic heterocycles. The fourth-order valence-electron chi connectivity index (χ4n) is 2.47. The smallest absolute Gasteiger partial charge is 0.191 e. The molecule has 5 nitrogen and oxygen atoms in total. The van der Waals surface area contributed by atoms with E-state index < -0.39 is 0 Å². The fraction of sp³-hybridized carbons (Fsp3) is 0.0909. The molecule has 0 saturated heterocycles. The van der Waals surface area contributed by atoms with Crippen LogP contribution in [0.2, 0.25) is 0 Å². The first-order valence-corrected chi connectivity index (χ1v) is 9.15. The van der Waals surface area contributed by atoms with Gasteiger partial charge in [0.15, 0.2) is 16.6 Å². The van der Waals surface area contributed by atoms with Crippen molar-refractivity contribution < 1.29 is 9.47 Å². The average Bonchev–Trinajstić information content (AvgIpc) is 2.74. The van der Waals surface area contributed by atoms with E-state index in [1.807, 2.05) is 78.9 Å². The highest BCUT2D eigenvalue weighted by atomic mass is 32.1. The molecule has 0 atom stereocenters. The van der Waals surface area contributed by atoms with E-state index in [4.69, 9.17) is 21.7 Å². The Kier molecular flexibility index (Phi) is 6.98. The Morgan fingerprint density at radius 2 is 1.68 bits per heavy atom. The molecule has 0 fully saturated rings. The molecular formula is C22H21N3O2S. The van der Waals surface area contributed by atoms with Gasteiger partial charge in [-0.2, -0.15) is 5.10 Å². The van der Waals surface area contributed by atoms with E-state index in [9.17, 15) is 0 Å². The Bertz CT molecular complexity index is 931. The summed E-state index contributed by atoms with van der Waals surface area (Å²) < 4.78 is 11.3. The van der Waals surface area contributed by atoms with Gasteiger partial charge < -0.3 is 14.8 Å². The third-order valence-electron chi connectivity index (χ3n) is 3.84. The largest absolute Gasteiger partial charge is 0.493 e. The van der Waals surface area contributed by atoms with E-state index in [-0.39, 0.29) is 0 Å². The number of benzene rings is 3. The SMILES string of the molecule is COc1ccc(/C=N/NC(=S)Nc2ccccc2)cc1OCc1ccccc1. The van der Waals surface area contributed by atoms with Crippen molar-refractivity contribution in [2.24, 2.45) is 5.10 Å². The molecule has 0 aliphatic carbocycles. The Morgan fingerprint density at radius 3 is 2.39 bits per heavy atom. The van der Waals surface area contributed by atoms with Crippen LogP contribution in [0, 0.1) is 0 Å². The number of nitrogens with zero attached hydrogens (tertiary/aromatic N) is 1. The Morgan fingerprint density at radius 1 is 0.964 bits per heavy atom. The van der Waals surface area contributed by atoms with Crippen molar-refractivity contribution in [1.82, 2.24) is 5.43 Å². The van der Waals surface area contributed by atoms with E-state index >= 15 is 0 Å². The van der Waals surface area contributed by atoms with Crippen LogP contribution in [0.15, 0.2) is 84.0 Å². The van der Waals surface area contributed by atoms with Crippen molar-refractivity contribution in [3.05, 3.63) is 90.0 Å². The number of hydrogen-bond donors (Lipinski definition) is 2. The summed E-state index contributed by atoms with van der Waals surface area (Å²) >= 11 is 5.23. The summed E-state index contributed by atoms with van der Waals surface area (Å²) in [5.41, 5.74) is 5.65. The van der Waals surface area contributed by atoms with Crippen LogP contribution in [0.4, 0.5) is 5.69 Å². The first kappa shape index (κ1) is 19.4. The van der Waals surface area contributed by atoms with Gasteiger partial charge in [-0.1, -0.05) is 48.5 Å². The van der Waals surface area contributed by atoms with Gasteiger partial charge in [-0.3, -0.25) is 5.43 Å². The summed E-state index contributed by atoms with van der Waals surface area (Å²) in [5, 5.41) is 7.65. The molecule has 3 aromatic carbocycles. The first-order valence-electron chi connectivity index (χ1n) is 8.74. The molecule has 3 rings (SSSR count). The summed E-state index contributed by atoms with van der Waals surface area (Å²) in [4.78, 5) is 0. The molecule has 28 heavy (non-hydrogen) atoms. The third kappa shape index (κ3) is 5.82. The number of methoxy groups -OCH3 is 1. The third-order valence-corrected chi connectivity index (χ3v) is 4.03. The van der Waals surface area contributed by atoms with Crippen molar-refractivity contribution in [3.8, 4) is 11.5 Å². The molecule has 0 aliphatic rings. The number of ether oxygens (including phenoxy) is 2. The molecule has 0 unspecified atom stereocenters. The van der Waals surface area contributed by atoms with E-state index in [0.29, 0.717) is 23.2 Å². The summed E-state index contributed by atoms with van der Waals surface area (Å²) in [5.74, 6) is 1.32. The maximum atomic E-state index is 5.92. The van der Waals surface area contributed by atoms with Crippen molar-refractivity contribution in [1.29, 1.82) is 0 Å². The van der Waals surface area contributed by atoms with Gasteiger partial charge >= 0.3 is 0 Å². The minimum Gasteiger partial charge on any atom is -0.493 e. The summed E-state index contributed by atoms with van der Waals surface area (Å²) in [6, 6.07) is 25.3. The number of thiocarbonyl (C=S) groups is 1. The highest BCUT2D eigenvalue weighted by molar-refractivity contribution is 7.80. The number of nitrogens with one attached hydrogen (secondary N) is 2. The van der Waals surface area contributed by atoms with Gasteiger partial charge in [0.05, 0.1) is 13.3 Å². The molecule has 2 N–H and O–H groups in total. The standard InChI is InChI=1S/C22H21N3O2S/c1-26-20-13-12-18(14-21(20)27-16-17-8-4-2-5-9-17)15-23-25-22(28)24-19-10-6-3-7-11-19/h2-15H,16H2,1H3,(H2,24,25,28)/b23-15+. The van der Waals surface area contributed by atoms with Gasteiger partial charge in [-0.05, 0) is 53.7 Å². The molecule has 0 aliphatic heterocycles. The molecule has 0 bridgehead atoms. The molecule has 0 amide bonds. The molecule has 3 aromatic rings. The Balaban J connectivity index is 1.60. The fourth-order valence-corrected chi connectivity index (χ4v) is 2.64.